The molecule has 2 heterocycles. The van der Waals surface area contributed by atoms with Crippen LogP contribution in [0.3, 0.4) is 0 Å². The van der Waals surface area contributed by atoms with Gasteiger partial charge in [-0.25, -0.2) is 4.68 Å². The molecule has 0 spiro atoms. The van der Waals surface area contributed by atoms with Gasteiger partial charge in [0.1, 0.15) is 5.82 Å². The van der Waals surface area contributed by atoms with Gasteiger partial charge in [0.2, 0.25) is 0 Å². The first-order valence-corrected chi connectivity index (χ1v) is 7.83. The third-order valence-electron chi connectivity index (χ3n) is 4.50. The molecule has 0 unspecified atom stereocenters. The summed E-state index contributed by atoms with van der Waals surface area (Å²) in [4.78, 5) is 0. The standard InChI is InChI=1S/C16H18ClN3/c17-13-7-3-4-8-14(13)20-16-12(9-10-18-16)15(19-20)11-5-1-2-6-11/h3-4,7-8,11,18H,1-2,5-6,9-10H2. The quantitative estimate of drug-likeness (QED) is 0.899. The number of rotatable bonds is 2. The SMILES string of the molecule is Clc1ccccc1-n1nc(C2CCCC2)c2c1NCC2. The molecule has 3 nitrogen and oxygen atoms in total. The van der Waals surface area contributed by atoms with Crippen LogP contribution in [0.5, 0.6) is 0 Å². The zero-order valence-electron chi connectivity index (χ0n) is 11.4. The van der Waals surface area contributed by atoms with Gasteiger partial charge in [-0.05, 0) is 31.4 Å². The van der Waals surface area contributed by atoms with E-state index < -0.39 is 0 Å². The van der Waals surface area contributed by atoms with Crippen LogP contribution < -0.4 is 5.32 Å². The van der Waals surface area contributed by atoms with E-state index >= 15 is 0 Å². The van der Waals surface area contributed by atoms with Crippen LogP contribution in [0.1, 0.15) is 42.9 Å². The fraction of sp³-hybridized carbons (Fsp3) is 0.438. The van der Waals surface area contributed by atoms with E-state index in [0.29, 0.717) is 5.92 Å². The molecule has 4 heteroatoms. The summed E-state index contributed by atoms with van der Waals surface area (Å²) in [6.45, 7) is 1.01. The lowest BCUT2D eigenvalue weighted by Crippen LogP contribution is -2.06. The van der Waals surface area contributed by atoms with Crippen LogP contribution in [0.4, 0.5) is 5.82 Å². The first-order chi connectivity index (χ1) is 9.84. The molecule has 0 radical (unpaired) electrons. The van der Waals surface area contributed by atoms with E-state index in [0.717, 1.165) is 29.5 Å². The average Bonchev–Trinajstić information content (AvgIpc) is 3.16. The molecular formula is C16H18ClN3. The highest BCUT2D eigenvalue weighted by atomic mass is 35.5. The molecule has 2 aromatic rings. The van der Waals surface area contributed by atoms with E-state index in [2.05, 4.69) is 5.32 Å². The molecule has 1 aromatic carbocycles. The van der Waals surface area contributed by atoms with Crippen LogP contribution >= 0.6 is 11.6 Å². The van der Waals surface area contributed by atoms with Gasteiger partial charge in [-0.3, -0.25) is 0 Å². The first kappa shape index (κ1) is 12.3. The summed E-state index contributed by atoms with van der Waals surface area (Å²) in [6, 6.07) is 7.93. The van der Waals surface area contributed by atoms with Crippen LogP contribution in [0.25, 0.3) is 5.69 Å². The van der Waals surface area contributed by atoms with Crippen molar-refractivity contribution in [1.82, 2.24) is 9.78 Å². The van der Waals surface area contributed by atoms with Crippen LogP contribution in [-0.4, -0.2) is 16.3 Å². The molecule has 2 aliphatic rings. The van der Waals surface area contributed by atoms with Crippen LogP contribution in [0, 0.1) is 0 Å². The largest absolute Gasteiger partial charge is 0.369 e. The third-order valence-corrected chi connectivity index (χ3v) is 4.82. The maximum Gasteiger partial charge on any atom is 0.133 e. The van der Waals surface area contributed by atoms with Crippen LogP contribution in [0.15, 0.2) is 24.3 Å². The Morgan fingerprint density at radius 2 is 2.00 bits per heavy atom. The lowest BCUT2D eigenvalue weighted by Gasteiger charge is -2.09. The maximum atomic E-state index is 6.34. The molecule has 0 bridgehead atoms. The van der Waals surface area contributed by atoms with Gasteiger partial charge in [-0.1, -0.05) is 36.6 Å². The molecule has 20 heavy (non-hydrogen) atoms. The summed E-state index contributed by atoms with van der Waals surface area (Å²) < 4.78 is 2.01. The van der Waals surface area contributed by atoms with Crippen molar-refractivity contribution in [3.63, 3.8) is 0 Å². The summed E-state index contributed by atoms with van der Waals surface area (Å²) in [5.41, 5.74) is 3.70. The predicted molar refractivity (Wildman–Crippen MR) is 82.0 cm³/mol. The van der Waals surface area contributed by atoms with Crippen LogP contribution in [0.2, 0.25) is 5.02 Å². The lowest BCUT2D eigenvalue weighted by molar-refractivity contribution is 0.670. The van der Waals surface area contributed by atoms with Gasteiger partial charge >= 0.3 is 0 Å². The lowest BCUT2D eigenvalue weighted by atomic mass is 9.99. The van der Waals surface area contributed by atoms with E-state index in [4.69, 9.17) is 16.7 Å². The molecule has 1 aliphatic carbocycles. The molecule has 1 saturated carbocycles. The van der Waals surface area contributed by atoms with E-state index in [1.165, 1.54) is 36.9 Å². The second kappa shape index (κ2) is 4.81. The Bertz CT molecular complexity index is 641. The van der Waals surface area contributed by atoms with Crippen LogP contribution in [-0.2, 0) is 6.42 Å². The molecule has 1 fully saturated rings. The smallest absolute Gasteiger partial charge is 0.133 e. The number of para-hydroxylation sites is 1. The number of hydrogen-bond acceptors (Lipinski definition) is 2. The normalized spacial score (nSPS) is 18.2. The molecule has 1 aliphatic heterocycles. The molecule has 0 amide bonds. The summed E-state index contributed by atoms with van der Waals surface area (Å²) in [7, 11) is 0. The topological polar surface area (TPSA) is 29.9 Å². The summed E-state index contributed by atoms with van der Waals surface area (Å²) in [6.07, 6.45) is 6.33. The maximum absolute atomic E-state index is 6.34. The molecule has 104 valence electrons. The number of nitrogens with one attached hydrogen (secondary N) is 1. The molecule has 0 atom stereocenters. The second-order valence-electron chi connectivity index (χ2n) is 5.73. The van der Waals surface area contributed by atoms with Gasteiger partial charge in [-0.2, -0.15) is 5.10 Å². The molecule has 4 rings (SSSR count). The number of fused-ring (bicyclic) bond motifs is 1. The van der Waals surface area contributed by atoms with E-state index in [1.807, 2.05) is 28.9 Å². The van der Waals surface area contributed by atoms with Gasteiger partial charge in [0.05, 0.1) is 16.4 Å². The molecule has 0 saturated heterocycles. The van der Waals surface area contributed by atoms with E-state index in [9.17, 15) is 0 Å². The number of hydrogen-bond donors (Lipinski definition) is 1. The number of nitrogens with zero attached hydrogens (tertiary/aromatic N) is 2. The summed E-state index contributed by atoms with van der Waals surface area (Å²) >= 11 is 6.34. The highest BCUT2D eigenvalue weighted by Gasteiger charge is 2.29. The van der Waals surface area contributed by atoms with Crippen molar-refractivity contribution in [1.29, 1.82) is 0 Å². The Balaban J connectivity index is 1.85. The van der Waals surface area contributed by atoms with Gasteiger partial charge in [0, 0.05) is 18.0 Å². The number of benzene rings is 1. The molecule has 1 N–H and O–H groups in total. The van der Waals surface area contributed by atoms with Crippen molar-refractivity contribution in [3.05, 3.63) is 40.5 Å². The van der Waals surface area contributed by atoms with Crippen molar-refractivity contribution in [3.8, 4) is 5.69 Å². The van der Waals surface area contributed by atoms with Gasteiger partial charge in [0.15, 0.2) is 0 Å². The monoisotopic (exact) mass is 287 g/mol. The Hall–Kier alpha value is -1.48. The Kier molecular flexibility index (Phi) is 2.95. The van der Waals surface area contributed by atoms with Crippen molar-refractivity contribution < 1.29 is 0 Å². The van der Waals surface area contributed by atoms with Crippen molar-refractivity contribution >= 4 is 17.4 Å². The van der Waals surface area contributed by atoms with Crippen molar-refractivity contribution in [2.24, 2.45) is 0 Å². The van der Waals surface area contributed by atoms with Crippen molar-refractivity contribution in [2.75, 3.05) is 11.9 Å². The highest BCUT2D eigenvalue weighted by Crippen LogP contribution is 2.40. The van der Waals surface area contributed by atoms with Gasteiger partial charge in [0.25, 0.3) is 0 Å². The summed E-state index contributed by atoms with van der Waals surface area (Å²) in [5.74, 6) is 1.80. The first-order valence-electron chi connectivity index (χ1n) is 7.45. The second-order valence-corrected chi connectivity index (χ2v) is 6.14. The Morgan fingerprint density at radius 3 is 2.80 bits per heavy atom. The number of halogens is 1. The van der Waals surface area contributed by atoms with E-state index in [-0.39, 0.29) is 0 Å². The predicted octanol–water partition coefficient (Wildman–Crippen LogP) is 4.15. The van der Waals surface area contributed by atoms with E-state index in [1.54, 1.807) is 0 Å². The third kappa shape index (κ3) is 1.84. The van der Waals surface area contributed by atoms with Gasteiger partial charge in [-0.15, -0.1) is 0 Å². The minimum Gasteiger partial charge on any atom is -0.369 e. The molecule has 1 aromatic heterocycles. The minimum absolute atomic E-state index is 0.646. The Morgan fingerprint density at radius 1 is 1.20 bits per heavy atom. The fourth-order valence-electron chi connectivity index (χ4n) is 3.53. The average molecular weight is 288 g/mol. The number of anilines is 1. The minimum atomic E-state index is 0.646. The van der Waals surface area contributed by atoms with Crippen molar-refractivity contribution in [2.45, 2.75) is 38.0 Å². The van der Waals surface area contributed by atoms with Gasteiger partial charge < -0.3 is 5.32 Å². The summed E-state index contributed by atoms with van der Waals surface area (Å²) in [5, 5.41) is 9.15. The highest BCUT2D eigenvalue weighted by molar-refractivity contribution is 6.32. The zero-order valence-corrected chi connectivity index (χ0v) is 12.2. The molecular weight excluding hydrogens is 270 g/mol. The number of aromatic nitrogens is 2. The Labute approximate surface area is 123 Å². The fourth-order valence-corrected chi connectivity index (χ4v) is 3.74. The zero-order chi connectivity index (χ0) is 13.5.